The summed E-state index contributed by atoms with van der Waals surface area (Å²) in [6, 6.07) is 0. The van der Waals surface area contributed by atoms with Gasteiger partial charge in [-0.05, 0) is 25.6 Å². The van der Waals surface area contributed by atoms with E-state index in [-0.39, 0.29) is 5.97 Å². The Morgan fingerprint density at radius 1 is 1.19 bits per heavy atom. The summed E-state index contributed by atoms with van der Waals surface area (Å²) in [4.78, 5) is 10.5. The van der Waals surface area contributed by atoms with E-state index in [1.165, 1.54) is 6.92 Å². The Balaban J connectivity index is 3.50. The number of hydrogen-bond donors (Lipinski definition) is 0. The summed E-state index contributed by atoms with van der Waals surface area (Å²) < 4.78 is 40.8. The van der Waals surface area contributed by atoms with Crippen LogP contribution in [0, 0.1) is 0 Å². The lowest BCUT2D eigenvalue weighted by Gasteiger charge is -2.01. The Kier molecular flexibility index (Phi) is 6.39. The third-order valence-electron chi connectivity index (χ3n) is 2.27. The van der Waals surface area contributed by atoms with Crippen molar-refractivity contribution >= 4 is 5.97 Å². The molecule has 0 aliphatic carbocycles. The smallest absolute Gasteiger partial charge is 0.302 e. The number of carbonyl (C=O) groups excluding carboxylic acids is 1. The van der Waals surface area contributed by atoms with E-state index in [0.29, 0.717) is 13.0 Å². The van der Waals surface area contributed by atoms with Crippen molar-refractivity contribution in [3.8, 4) is 0 Å². The van der Waals surface area contributed by atoms with Crippen LogP contribution in [0.4, 0.5) is 0 Å². The first-order valence-electron chi connectivity index (χ1n) is 8.48. The summed E-state index contributed by atoms with van der Waals surface area (Å²) in [5.74, 6) is -0.237. The number of unbranched alkanes of at least 4 members (excludes halogenated alkanes) is 6. The molecule has 0 aliphatic heterocycles. The van der Waals surface area contributed by atoms with Crippen LogP contribution in [0.25, 0.3) is 0 Å². The van der Waals surface area contributed by atoms with Gasteiger partial charge in [-0.3, -0.25) is 4.79 Å². The maximum atomic E-state index is 10.5. The van der Waals surface area contributed by atoms with Gasteiger partial charge in [0.2, 0.25) is 0 Å². The molecule has 0 radical (unpaired) electrons. The molecule has 0 atom stereocenters. The molecule has 0 heterocycles. The van der Waals surface area contributed by atoms with Crippen molar-refractivity contribution in [1.82, 2.24) is 0 Å². The Hall–Kier alpha value is -0.790. The van der Waals surface area contributed by atoms with Gasteiger partial charge in [0.05, 0.1) is 6.61 Å². The summed E-state index contributed by atoms with van der Waals surface area (Å²) in [6.45, 7) is -0.712. The molecule has 0 amide bonds. The second-order valence-electron chi connectivity index (χ2n) is 3.80. The van der Waals surface area contributed by atoms with Crippen molar-refractivity contribution < 1.29 is 16.4 Å². The topological polar surface area (TPSA) is 26.3 Å². The number of rotatable bonds is 10. The van der Waals surface area contributed by atoms with Gasteiger partial charge in [0.1, 0.15) is 0 Å². The molecule has 94 valence electrons. The van der Waals surface area contributed by atoms with E-state index in [1.807, 2.05) is 0 Å². The van der Waals surface area contributed by atoms with Crippen LogP contribution in [0.1, 0.15) is 71.9 Å². The van der Waals surface area contributed by atoms with Crippen LogP contribution >= 0.6 is 0 Å². The third kappa shape index (κ3) is 13.2. The van der Waals surface area contributed by atoms with Crippen LogP contribution in [0.3, 0.4) is 0 Å². The Morgan fingerprint density at radius 2 is 1.88 bits per heavy atom. The predicted molar refractivity (Wildman–Crippen MR) is 68.4 cm³/mol. The maximum absolute atomic E-state index is 10.5. The second-order valence-corrected chi connectivity index (χ2v) is 3.80. The molecule has 16 heavy (non-hydrogen) atoms. The summed E-state index contributed by atoms with van der Waals surface area (Å²) in [5, 5.41) is 0. The molecule has 0 aromatic carbocycles. The molecule has 0 saturated carbocycles. The number of carbonyl (C=O) groups is 1. The predicted octanol–water partition coefficient (Wildman–Crippen LogP) is 4.25. The molecular weight excluding hydrogens is 200 g/mol. The molecule has 0 bridgehead atoms. The van der Waals surface area contributed by atoms with Crippen LogP contribution in [-0.2, 0) is 9.53 Å². The highest BCUT2D eigenvalue weighted by molar-refractivity contribution is 5.65. The standard InChI is InChI=1S/C14H26O2/c1-3-4-5-6-7-8-9-10-11-12-13-16-14(2)15/h4-5H,3,6-13H2,1-2H3/b5-4+/i1D3,3D2. The number of hydrogen-bond acceptors (Lipinski definition) is 2. The molecule has 0 N–H and O–H groups in total. The summed E-state index contributed by atoms with van der Waals surface area (Å²) in [7, 11) is 0. The van der Waals surface area contributed by atoms with E-state index in [0.717, 1.165) is 44.6 Å². The van der Waals surface area contributed by atoms with Crippen LogP contribution in [0.2, 0.25) is 0 Å². The van der Waals surface area contributed by atoms with Gasteiger partial charge in [-0.15, -0.1) is 0 Å². The van der Waals surface area contributed by atoms with Gasteiger partial charge in [-0.2, -0.15) is 0 Å². The van der Waals surface area contributed by atoms with E-state index in [1.54, 1.807) is 6.08 Å². The van der Waals surface area contributed by atoms with Crippen molar-refractivity contribution in [1.29, 1.82) is 0 Å². The maximum Gasteiger partial charge on any atom is 0.302 e. The van der Waals surface area contributed by atoms with E-state index >= 15 is 0 Å². The molecule has 0 spiro atoms. The normalized spacial score (nSPS) is 17.2. The van der Waals surface area contributed by atoms with E-state index in [2.05, 4.69) is 0 Å². The fraction of sp³-hybridized carbons (Fsp3) is 0.786. The monoisotopic (exact) mass is 231 g/mol. The first-order valence-corrected chi connectivity index (χ1v) is 5.98. The van der Waals surface area contributed by atoms with Crippen LogP contribution in [0.5, 0.6) is 0 Å². The van der Waals surface area contributed by atoms with Crippen LogP contribution in [0.15, 0.2) is 12.2 Å². The fourth-order valence-electron chi connectivity index (χ4n) is 1.43. The molecular formula is C14H26O2. The Morgan fingerprint density at radius 3 is 2.56 bits per heavy atom. The van der Waals surface area contributed by atoms with Crippen molar-refractivity contribution in [2.45, 2.75) is 65.1 Å². The highest BCUT2D eigenvalue weighted by Crippen LogP contribution is 2.07. The summed E-state index contributed by atoms with van der Waals surface area (Å²) in [6.07, 6.45) is 7.27. The Labute approximate surface area is 107 Å². The van der Waals surface area contributed by atoms with E-state index in [4.69, 9.17) is 11.6 Å². The van der Waals surface area contributed by atoms with Gasteiger partial charge in [-0.1, -0.05) is 44.7 Å². The van der Waals surface area contributed by atoms with E-state index < -0.39 is 13.2 Å². The minimum atomic E-state index is -2.61. The zero-order valence-electron chi connectivity index (χ0n) is 15.1. The molecule has 0 aliphatic rings. The largest absolute Gasteiger partial charge is 0.466 e. The lowest BCUT2D eigenvalue weighted by Crippen LogP contribution is -1.99. The van der Waals surface area contributed by atoms with E-state index in [9.17, 15) is 4.79 Å². The highest BCUT2D eigenvalue weighted by atomic mass is 16.5. The second kappa shape index (κ2) is 12.3. The molecule has 0 fully saturated rings. The summed E-state index contributed by atoms with van der Waals surface area (Å²) >= 11 is 0. The van der Waals surface area contributed by atoms with Crippen molar-refractivity contribution in [2.75, 3.05) is 6.61 Å². The van der Waals surface area contributed by atoms with Crippen LogP contribution in [-0.4, -0.2) is 12.6 Å². The quantitative estimate of drug-likeness (QED) is 0.319. The zero-order chi connectivity index (χ0) is 16.4. The molecule has 0 aromatic heterocycles. The van der Waals surface area contributed by atoms with Crippen molar-refractivity contribution in [3.05, 3.63) is 12.2 Å². The minimum Gasteiger partial charge on any atom is -0.466 e. The average molecular weight is 231 g/mol. The van der Waals surface area contributed by atoms with Gasteiger partial charge in [-0.25, -0.2) is 0 Å². The fourth-order valence-corrected chi connectivity index (χ4v) is 1.43. The number of allylic oxidation sites excluding steroid dienone is 2. The average Bonchev–Trinajstić information content (AvgIpc) is 2.34. The number of esters is 1. The molecule has 0 unspecified atom stereocenters. The molecule has 0 rings (SSSR count). The number of ether oxygens (including phenoxy) is 1. The third-order valence-corrected chi connectivity index (χ3v) is 2.27. The lowest BCUT2D eigenvalue weighted by atomic mass is 10.1. The SMILES string of the molecule is [2H]C([2H])([2H])C([2H])([2H])/C=C/CCCCCCCCOC(C)=O. The summed E-state index contributed by atoms with van der Waals surface area (Å²) in [5.41, 5.74) is 0. The first-order chi connectivity index (χ1) is 9.67. The van der Waals surface area contributed by atoms with Crippen molar-refractivity contribution in [2.24, 2.45) is 0 Å². The van der Waals surface area contributed by atoms with Gasteiger partial charge in [0.25, 0.3) is 0 Å². The first kappa shape index (κ1) is 8.32. The van der Waals surface area contributed by atoms with Gasteiger partial charge in [0.15, 0.2) is 0 Å². The minimum absolute atomic E-state index is 0.237. The van der Waals surface area contributed by atoms with Crippen LogP contribution < -0.4 is 0 Å². The lowest BCUT2D eigenvalue weighted by molar-refractivity contribution is -0.141. The zero-order valence-corrected chi connectivity index (χ0v) is 10.1. The van der Waals surface area contributed by atoms with Gasteiger partial charge < -0.3 is 4.74 Å². The highest BCUT2D eigenvalue weighted by Gasteiger charge is 1.93. The Bertz CT molecular complexity index is 324. The molecule has 2 heteroatoms. The molecule has 2 nitrogen and oxygen atoms in total. The molecule has 0 saturated heterocycles. The van der Waals surface area contributed by atoms with Crippen molar-refractivity contribution in [3.63, 3.8) is 0 Å². The van der Waals surface area contributed by atoms with Gasteiger partial charge >= 0.3 is 5.97 Å². The molecule has 0 aromatic rings. The van der Waals surface area contributed by atoms with Gasteiger partial charge in [0, 0.05) is 13.8 Å².